The Hall–Kier alpha value is -1.47. The van der Waals surface area contributed by atoms with Crippen molar-refractivity contribution in [3.8, 4) is 0 Å². The normalized spacial score (nSPS) is 10.3. The second-order valence-electron chi connectivity index (χ2n) is 3.52. The predicted molar refractivity (Wildman–Crippen MR) is 71.8 cm³/mol. The average molecular weight is 330 g/mol. The number of carbonyl (C=O) groups excluding carboxylic acids is 1. The summed E-state index contributed by atoms with van der Waals surface area (Å²) in [5.74, 6) is -0.889. The van der Waals surface area contributed by atoms with E-state index >= 15 is 0 Å². The van der Waals surface area contributed by atoms with E-state index in [9.17, 15) is 9.18 Å². The molecule has 18 heavy (non-hydrogen) atoms. The molecular weight excluding hydrogens is 321 g/mol. The van der Waals surface area contributed by atoms with Gasteiger partial charge in [0.25, 0.3) is 5.91 Å². The van der Waals surface area contributed by atoms with Crippen molar-refractivity contribution >= 4 is 38.9 Å². The van der Waals surface area contributed by atoms with Crippen LogP contribution in [0.2, 0.25) is 0 Å². The number of hydrogen-bond acceptors (Lipinski definition) is 4. The summed E-state index contributed by atoms with van der Waals surface area (Å²) in [6.07, 6.45) is 0. The summed E-state index contributed by atoms with van der Waals surface area (Å²) < 4.78 is 13.5. The van der Waals surface area contributed by atoms with Gasteiger partial charge in [0.1, 0.15) is 5.82 Å². The van der Waals surface area contributed by atoms with E-state index in [1.807, 2.05) is 5.38 Å². The lowest BCUT2D eigenvalue weighted by Gasteiger charge is -2.07. The van der Waals surface area contributed by atoms with Gasteiger partial charge in [0.2, 0.25) is 0 Å². The molecule has 0 aliphatic heterocycles. The van der Waals surface area contributed by atoms with Crippen LogP contribution in [0.25, 0.3) is 0 Å². The van der Waals surface area contributed by atoms with Gasteiger partial charge in [0.15, 0.2) is 0 Å². The monoisotopic (exact) mass is 329 g/mol. The number of carbonyl (C=O) groups is 1. The highest BCUT2D eigenvalue weighted by molar-refractivity contribution is 9.10. The molecule has 0 atom stereocenters. The quantitative estimate of drug-likeness (QED) is 0.850. The molecule has 0 aliphatic carbocycles. The number of benzene rings is 1. The number of rotatable bonds is 3. The molecule has 0 saturated heterocycles. The zero-order valence-electron chi connectivity index (χ0n) is 9.11. The number of nitrogen functional groups attached to an aromatic ring is 1. The molecule has 4 nitrogen and oxygen atoms in total. The number of halogens is 2. The first-order valence-electron chi connectivity index (χ1n) is 4.97. The van der Waals surface area contributed by atoms with Crippen LogP contribution in [-0.4, -0.2) is 10.9 Å². The summed E-state index contributed by atoms with van der Waals surface area (Å²) in [5, 5.41) is 4.53. The Bertz CT molecular complexity index is 574. The van der Waals surface area contributed by atoms with E-state index < -0.39 is 5.82 Å². The molecule has 3 N–H and O–H groups in total. The largest absolute Gasteiger partial charge is 0.396 e. The van der Waals surface area contributed by atoms with E-state index in [-0.39, 0.29) is 11.6 Å². The molecule has 7 heteroatoms. The van der Waals surface area contributed by atoms with Crippen LogP contribution in [-0.2, 0) is 6.54 Å². The molecule has 0 spiro atoms. The Morgan fingerprint density at radius 3 is 3.00 bits per heavy atom. The third-order valence-electron chi connectivity index (χ3n) is 2.24. The van der Waals surface area contributed by atoms with Gasteiger partial charge in [-0.1, -0.05) is 0 Å². The molecule has 0 aliphatic rings. The van der Waals surface area contributed by atoms with Crippen LogP contribution in [0.15, 0.2) is 27.5 Å². The maximum Gasteiger partial charge on any atom is 0.252 e. The van der Waals surface area contributed by atoms with Crippen molar-refractivity contribution in [3.05, 3.63) is 44.6 Å². The molecule has 0 bridgehead atoms. The molecule has 1 aromatic heterocycles. The van der Waals surface area contributed by atoms with E-state index in [2.05, 4.69) is 26.2 Å². The van der Waals surface area contributed by atoms with Crippen LogP contribution in [0.5, 0.6) is 0 Å². The minimum atomic E-state index is -0.557. The summed E-state index contributed by atoms with van der Waals surface area (Å²) in [6.45, 7) is 0.325. The Labute approximate surface area is 115 Å². The number of anilines is 1. The minimum Gasteiger partial charge on any atom is -0.396 e. The molecule has 0 unspecified atom stereocenters. The summed E-state index contributed by atoms with van der Waals surface area (Å²) in [5.41, 5.74) is 8.13. The number of amides is 1. The smallest absolute Gasteiger partial charge is 0.252 e. The lowest BCUT2D eigenvalue weighted by Crippen LogP contribution is -2.23. The summed E-state index contributed by atoms with van der Waals surface area (Å²) in [4.78, 5) is 15.9. The van der Waals surface area contributed by atoms with Crippen molar-refractivity contribution in [3.63, 3.8) is 0 Å². The van der Waals surface area contributed by atoms with Crippen LogP contribution in [0.3, 0.4) is 0 Å². The number of nitrogens with one attached hydrogen (secondary N) is 1. The van der Waals surface area contributed by atoms with Crippen molar-refractivity contribution < 1.29 is 9.18 Å². The van der Waals surface area contributed by atoms with Gasteiger partial charge in [-0.2, -0.15) is 0 Å². The van der Waals surface area contributed by atoms with Crippen LogP contribution < -0.4 is 11.1 Å². The second-order valence-corrected chi connectivity index (χ2v) is 5.09. The fourth-order valence-electron chi connectivity index (χ4n) is 1.33. The fourth-order valence-corrected chi connectivity index (χ4v) is 2.38. The third kappa shape index (κ3) is 2.85. The third-order valence-corrected chi connectivity index (χ3v) is 3.54. The second kappa shape index (κ2) is 5.45. The highest BCUT2D eigenvalue weighted by Gasteiger charge is 2.13. The van der Waals surface area contributed by atoms with Crippen molar-refractivity contribution in [1.29, 1.82) is 0 Å². The molecule has 1 heterocycles. The Morgan fingerprint density at radius 2 is 2.33 bits per heavy atom. The molecule has 2 rings (SSSR count). The summed E-state index contributed by atoms with van der Waals surface area (Å²) in [6, 6.07) is 2.48. The standard InChI is InChI=1S/C11H9BrFN3OS/c12-8-2-9(13)10(14)1-7(8)11(17)15-3-6-4-18-5-16-6/h1-2,4-5H,3,14H2,(H,15,17). The van der Waals surface area contributed by atoms with Crippen molar-refractivity contribution in [2.24, 2.45) is 0 Å². The molecule has 0 saturated carbocycles. The van der Waals surface area contributed by atoms with Crippen molar-refractivity contribution in [1.82, 2.24) is 10.3 Å². The SMILES string of the molecule is Nc1cc(C(=O)NCc2cscn2)c(Br)cc1F. The maximum absolute atomic E-state index is 13.1. The Balaban J connectivity index is 2.11. The lowest BCUT2D eigenvalue weighted by molar-refractivity contribution is 0.0949. The van der Waals surface area contributed by atoms with E-state index in [1.54, 1.807) is 5.51 Å². The highest BCUT2D eigenvalue weighted by Crippen LogP contribution is 2.22. The van der Waals surface area contributed by atoms with Gasteiger partial charge >= 0.3 is 0 Å². The zero-order valence-corrected chi connectivity index (χ0v) is 11.5. The molecule has 94 valence electrons. The van der Waals surface area contributed by atoms with E-state index in [4.69, 9.17) is 5.73 Å². The topological polar surface area (TPSA) is 68.0 Å². The van der Waals surface area contributed by atoms with Gasteiger partial charge in [0, 0.05) is 9.85 Å². The molecule has 0 radical (unpaired) electrons. The van der Waals surface area contributed by atoms with E-state index in [0.717, 1.165) is 5.69 Å². The van der Waals surface area contributed by atoms with Gasteiger partial charge < -0.3 is 11.1 Å². The molecule has 0 fully saturated rings. The maximum atomic E-state index is 13.1. The number of nitrogens with two attached hydrogens (primary N) is 1. The lowest BCUT2D eigenvalue weighted by atomic mass is 10.2. The van der Waals surface area contributed by atoms with Crippen LogP contribution in [0.4, 0.5) is 10.1 Å². The average Bonchev–Trinajstić information content (AvgIpc) is 2.84. The first-order valence-corrected chi connectivity index (χ1v) is 6.71. The van der Waals surface area contributed by atoms with Gasteiger partial charge in [-0.25, -0.2) is 9.37 Å². The fraction of sp³-hybridized carbons (Fsp3) is 0.0909. The number of thiazole rings is 1. The summed E-state index contributed by atoms with van der Waals surface area (Å²) >= 11 is 4.58. The number of aromatic nitrogens is 1. The van der Waals surface area contributed by atoms with E-state index in [0.29, 0.717) is 16.6 Å². The zero-order chi connectivity index (χ0) is 13.1. The van der Waals surface area contributed by atoms with E-state index in [1.165, 1.54) is 23.5 Å². The van der Waals surface area contributed by atoms with Crippen LogP contribution in [0, 0.1) is 5.82 Å². The Morgan fingerprint density at radius 1 is 1.56 bits per heavy atom. The molecule has 1 amide bonds. The van der Waals surface area contributed by atoms with Gasteiger partial charge in [-0.05, 0) is 28.1 Å². The molecular formula is C11H9BrFN3OS. The van der Waals surface area contributed by atoms with Crippen molar-refractivity contribution in [2.45, 2.75) is 6.54 Å². The first-order chi connectivity index (χ1) is 8.58. The summed E-state index contributed by atoms with van der Waals surface area (Å²) in [7, 11) is 0. The van der Waals surface area contributed by atoms with Crippen LogP contribution in [0.1, 0.15) is 16.1 Å². The van der Waals surface area contributed by atoms with Gasteiger partial charge in [-0.15, -0.1) is 11.3 Å². The molecule has 1 aromatic carbocycles. The molecule has 2 aromatic rings. The first kappa shape index (κ1) is 13.0. The Kier molecular flexibility index (Phi) is 3.93. The number of nitrogens with zero attached hydrogens (tertiary/aromatic N) is 1. The van der Waals surface area contributed by atoms with Gasteiger partial charge in [-0.3, -0.25) is 4.79 Å². The van der Waals surface area contributed by atoms with Gasteiger partial charge in [0.05, 0.1) is 29.0 Å². The van der Waals surface area contributed by atoms with Crippen molar-refractivity contribution in [2.75, 3.05) is 5.73 Å². The highest BCUT2D eigenvalue weighted by atomic mass is 79.9. The number of hydrogen-bond donors (Lipinski definition) is 2. The van der Waals surface area contributed by atoms with Crippen LogP contribution >= 0.6 is 27.3 Å². The minimum absolute atomic E-state index is 0.0583. The predicted octanol–water partition coefficient (Wildman–Crippen LogP) is 2.56.